The fourth-order valence-electron chi connectivity index (χ4n) is 1.95. The first-order valence-electron chi connectivity index (χ1n) is 6.05. The molecule has 0 bridgehead atoms. The zero-order valence-corrected chi connectivity index (χ0v) is 11.5. The fraction of sp³-hybridized carbons (Fsp3) is 0.0667. The number of furan rings is 1. The normalized spacial score (nSPS) is 10.7. The van der Waals surface area contributed by atoms with Gasteiger partial charge in [-0.25, -0.2) is 4.68 Å². The number of halogens is 1. The molecule has 20 heavy (non-hydrogen) atoms. The number of carbonyl (C=O) groups excluding carboxylic acids is 1. The fourth-order valence-corrected chi connectivity index (χ4v) is 2.08. The Labute approximate surface area is 120 Å². The van der Waals surface area contributed by atoms with E-state index in [4.69, 9.17) is 16.0 Å². The first-order chi connectivity index (χ1) is 9.67. The van der Waals surface area contributed by atoms with Crippen molar-refractivity contribution in [2.45, 2.75) is 6.92 Å². The van der Waals surface area contributed by atoms with E-state index in [1.165, 1.54) is 0 Å². The summed E-state index contributed by atoms with van der Waals surface area (Å²) in [5.74, 6) is 1.36. The monoisotopic (exact) mass is 286 g/mol. The standard InChI is InChI=1S/C15H11ClN2O2/c1-10-2-7-14(20-10)15-11(9-19)8-18(17-15)13-5-3-12(16)4-6-13/h2-9H,1H3. The minimum atomic E-state index is 0.481. The lowest BCUT2D eigenvalue weighted by Crippen LogP contribution is -1.94. The maximum atomic E-state index is 11.2. The molecule has 0 saturated carbocycles. The average Bonchev–Trinajstić information content (AvgIpc) is 3.05. The Morgan fingerprint density at radius 2 is 1.95 bits per heavy atom. The van der Waals surface area contributed by atoms with E-state index in [-0.39, 0.29) is 0 Å². The first kappa shape index (κ1) is 12.7. The molecule has 0 radical (unpaired) electrons. The van der Waals surface area contributed by atoms with Gasteiger partial charge in [-0.15, -0.1) is 0 Å². The predicted molar refractivity (Wildman–Crippen MR) is 76.4 cm³/mol. The van der Waals surface area contributed by atoms with Crippen LogP contribution in [0, 0.1) is 6.92 Å². The van der Waals surface area contributed by atoms with Gasteiger partial charge in [-0.1, -0.05) is 11.6 Å². The zero-order chi connectivity index (χ0) is 14.1. The molecular formula is C15H11ClN2O2. The van der Waals surface area contributed by atoms with Crippen molar-refractivity contribution in [2.75, 3.05) is 0 Å². The quantitative estimate of drug-likeness (QED) is 0.686. The van der Waals surface area contributed by atoms with Crippen LogP contribution in [0.4, 0.5) is 0 Å². The Balaban J connectivity index is 2.09. The number of aryl methyl sites for hydroxylation is 1. The largest absolute Gasteiger partial charge is 0.460 e. The maximum absolute atomic E-state index is 11.2. The summed E-state index contributed by atoms with van der Waals surface area (Å²) >= 11 is 5.86. The van der Waals surface area contributed by atoms with Gasteiger partial charge in [0.1, 0.15) is 11.5 Å². The molecule has 0 aliphatic heterocycles. The lowest BCUT2D eigenvalue weighted by molar-refractivity contribution is 0.112. The van der Waals surface area contributed by atoms with Gasteiger partial charge in [0.25, 0.3) is 0 Å². The summed E-state index contributed by atoms with van der Waals surface area (Å²) in [6, 6.07) is 10.9. The van der Waals surface area contributed by atoms with Crippen molar-refractivity contribution < 1.29 is 9.21 Å². The Kier molecular flexibility index (Phi) is 3.16. The van der Waals surface area contributed by atoms with Gasteiger partial charge in [-0.2, -0.15) is 5.10 Å². The molecule has 5 heteroatoms. The summed E-state index contributed by atoms with van der Waals surface area (Å²) in [6.07, 6.45) is 2.44. The molecule has 2 heterocycles. The van der Waals surface area contributed by atoms with Gasteiger partial charge >= 0.3 is 0 Å². The minimum absolute atomic E-state index is 0.481. The summed E-state index contributed by atoms with van der Waals surface area (Å²) < 4.78 is 7.16. The van der Waals surface area contributed by atoms with Crippen molar-refractivity contribution in [3.63, 3.8) is 0 Å². The summed E-state index contributed by atoms with van der Waals surface area (Å²) in [4.78, 5) is 11.2. The highest BCUT2D eigenvalue weighted by molar-refractivity contribution is 6.30. The number of aromatic nitrogens is 2. The molecule has 2 aromatic heterocycles. The number of nitrogens with zero attached hydrogens (tertiary/aromatic N) is 2. The second kappa shape index (κ2) is 4.98. The van der Waals surface area contributed by atoms with Crippen molar-refractivity contribution in [1.82, 2.24) is 9.78 Å². The van der Waals surface area contributed by atoms with Crippen molar-refractivity contribution in [3.05, 3.63) is 58.9 Å². The lowest BCUT2D eigenvalue weighted by atomic mass is 10.2. The Morgan fingerprint density at radius 1 is 1.20 bits per heavy atom. The molecule has 0 aliphatic rings. The molecule has 3 rings (SSSR count). The van der Waals surface area contributed by atoms with Crippen LogP contribution in [-0.2, 0) is 0 Å². The molecule has 1 aromatic carbocycles. The predicted octanol–water partition coefficient (Wildman–Crippen LogP) is 3.91. The Morgan fingerprint density at radius 3 is 2.55 bits per heavy atom. The van der Waals surface area contributed by atoms with Gasteiger partial charge in [0.2, 0.25) is 0 Å². The highest BCUT2D eigenvalue weighted by Gasteiger charge is 2.14. The van der Waals surface area contributed by atoms with E-state index < -0.39 is 0 Å². The van der Waals surface area contributed by atoms with Crippen molar-refractivity contribution >= 4 is 17.9 Å². The third-order valence-corrected chi connectivity index (χ3v) is 3.19. The maximum Gasteiger partial charge on any atom is 0.155 e. The van der Waals surface area contributed by atoms with Crippen LogP contribution >= 0.6 is 11.6 Å². The number of benzene rings is 1. The molecule has 0 unspecified atom stereocenters. The van der Waals surface area contributed by atoms with Crippen LogP contribution in [0.3, 0.4) is 0 Å². The van der Waals surface area contributed by atoms with E-state index in [1.54, 1.807) is 29.1 Å². The van der Waals surface area contributed by atoms with Crippen molar-refractivity contribution in [1.29, 1.82) is 0 Å². The number of carbonyl (C=O) groups is 1. The smallest absolute Gasteiger partial charge is 0.155 e. The second-order valence-electron chi connectivity index (χ2n) is 4.38. The van der Waals surface area contributed by atoms with Crippen LogP contribution in [0.2, 0.25) is 5.02 Å². The van der Waals surface area contributed by atoms with E-state index in [0.29, 0.717) is 22.0 Å². The van der Waals surface area contributed by atoms with Crippen LogP contribution in [0.5, 0.6) is 0 Å². The highest BCUT2D eigenvalue weighted by Crippen LogP contribution is 2.24. The summed E-state index contributed by atoms with van der Waals surface area (Å²) in [5.41, 5.74) is 1.84. The Bertz CT molecular complexity index is 757. The molecule has 0 fully saturated rings. The zero-order valence-electron chi connectivity index (χ0n) is 10.7. The molecule has 0 atom stereocenters. The van der Waals surface area contributed by atoms with Crippen LogP contribution in [0.25, 0.3) is 17.1 Å². The molecular weight excluding hydrogens is 276 g/mol. The SMILES string of the molecule is Cc1ccc(-c2nn(-c3ccc(Cl)cc3)cc2C=O)o1. The molecule has 0 saturated heterocycles. The van der Waals surface area contributed by atoms with Crippen molar-refractivity contribution in [2.24, 2.45) is 0 Å². The van der Waals surface area contributed by atoms with E-state index in [9.17, 15) is 4.79 Å². The number of aldehydes is 1. The van der Waals surface area contributed by atoms with Crippen LogP contribution in [0.15, 0.2) is 47.0 Å². The van der Waals surface area contributed by atoms with Gasteiger partial charge in [-0.3, -0.25) is 4.79 Å². The third-order valence-electron chi connectivity index (χ3n) is 2.93. The summed E-state index contributed by atoms with van der Waals surface area (Å²) in [5, 5.41) is 5.06. The van der Waals surface area contributed by atoms with Crippen LogP contribution in [-0.4, -0.2) is 16.1 Å². The molecule has 100 valence electrons. The second-order valence-corrected chi connectivity index (χ2v) is 4.82. The van der Waals surface area contributed by atoms with E-state index in [0.717, 1.165) is 17.7 Å². The average molecular weight is 287 g/mol. The number of rotatable bonds is 3. The van der Waals surface area contributed by atoms with Crippen molar-refractivity contribution in [3.8, 4) is 17.1 Å². The molecule has 0 aliphatic carbocycles. The molecule has 3 aromatic rings. The van der Waals surface area contributed by atoms with Gasteiger partial charge < -0.3 is 4.42 Å². The minimum Gasteiger partial charge on any atom is -0.460 e. The van der Waals surface area contributed by atoms with Crippen LogP contribution in [0.1, 0.15) is 16.1 Å². The lowest BCUT2D eigenvalue weighted by Gasteiger charge is -2.00. The topological polar surface area (TPSA) is 48.0 Å². The van der Waals surface area contributed by atoms with Gasteiger partial charge in [-0.05, 0) is 43.3 Å². The third kappa shape index (κ3) is 2.26. The summed E-state index contributed by atoms with van der Waals surface area (Å²) in [6.45, 7) is 1.85. The van der Waals surface area contributed by atoms with Gasteiger partial charge in [0.15, 0.2) is 12.0 Å². The molecule has 0 spiro atoms. The number of hydrogen-bond donors (Lipinski definition) is 0. The van der Waals surface area contributed by atoms with E-state index >= 15 is 0 Å². The Hall–Kier alpha value is -2.33. The highest BCUT2D eigenvalue weighted by atomic mass is 35.5. The van der Waals surface area contributed by atoms with E-state index in [1.807, 2.05) is 25.1 Å². The van der Waals surface area contributed by atoms with Crippen LogP contribution < -0.4 is 0 Å². The van der Waals surface area contributed by atoms with Gasteiger partial charge in [0.05, 0.1) is 11.3 Å². The molecule has 0 amide bonds. The number of hydrogen-bond acceptors (Lipinski definition) is 3. The molecule has 4 nitrogen and oxygen atoms in total. The summed E-state index contributed by atoms with van der Waals surface area (Å²) in [7, 11) is 0. The molecule has 0 N–H and O–H groups in total. The van der Waals surface area contributed by atoms with E-state index in [2.05, 4.69) is 5.10 Å². The first-order valence-corrected chi connectivity index (χ1v) is 6.43. The van der Waals surface area contributed by atoms with Gasteiger partial charge in [0, 0.05) is 11.2 Å².